The largest absolute Gasteiger partial charge is 0.496 e. The Balaban J connectivity index is 1.00. The van der Waals surface area contributed by atoms with Gasteiger partial charge >= 0.3 is 11.9 Å². The van der Waals surface area contributed by atoms with Crippen LogP contribution in [0.3, 0.4) is 0 Å². The van der Waals surface area contributed by atoms with E-state index in [1.54, 1.807) is 91.0 Å². The molecule has 76 heavy (non-hydrogen) atoms. The molecule has 8 rings (SSSR count). The molecule has 0 unspecified atom stereocenters. The highest BCUT2D eigenvalue weighted by Crippen LogP contribution is 2.42. The van der Waals surface area contributed by atoms with Gasteiger partial charge in [-0.2, -0.15) is 0 Å². The zero-order valence-electron chi connectivity index (χ0n) is 42.8. The van der Waals surface area contributed by atoms with Crippen LogP contribution in [0, 0.1) is 0 Å². The van der Waals surface area contributed by atoms with Gasteiger partial charge < -0.3 is 47.4 Å². The van der Waals surface area contributed by atoms with Crippen LogP contribution in [0.15, 0.2) is 170 Å². The van der Waals surface area contributed by atoms with E-state index in [0.29, 0.717) is 57.1 Å². The quantitative estimate of drug-likeness (QED) is 0.0554. The number of carbonyl (C=O) groups excluding carboxylic acids is 4. The first-order valence-corrected chi connectivity index (χ1v) is 23.4. The molecular formula is C60H52N2O14. The van der Waals surface area contributed by atoms with E-state index >= 15 is 0 Å². The molecule has 0 saturated heterocycles. The fraction of sp³-hybridized carbons (Fsp3) is 0.133. The number of nitrogens with zero attached hydrogens (tertiary/aromatic N) is 2. The van der Waals surface area contributed by atoms with Crippen LogP contribution in [0.1, 0.15) is 41.4 Å². The molecule has 0 N–H and O–H groups in total. The third-order valence-electron chi connectivity index (χ3n) is 12.1. The van der Waals surface area contributed by atoms with Crippen molar-refractivity contribution in [1.82, 2.24) is 0 Å². The average Bonchev–Trinajstić information content (AvgIpc) is 3.48. The van der Waals surface area contributed by atoms with Crippen molar-refractivity contribution >= 4 is 46.5 Å². The number of para-hydroxylation sites is 2. The predicted octanol–water partition coefficient (Wildman–Crippen LogP) is 11.8. The van der Waals surface area contributed by atoms with E-state index in [4.69, 9.17) is 47.4 Å². The van der Waals surface area contributed by atoms with Crippen LogP contribution in [-0.2, 0) is 0 Å². The molecule has 0 aromatic heterocycles. The Bertz CT molecular complexity index is 3380. The number of esters is 2. The van der Waals surface area contributed by atoms with Crippen LogP contribution >= 0.6 is 0 Å². The summed E-state index contributed by atoms with van der Waals surface area (Å²) in [5.74, 6) is 0.752. The van der Waals surface area contributed by atoms with Gasteiger partial charge in [0.15, 0.2) is 23.0 Å². The molecule has 0 aliphatic rings. The monoisotopic (exact) mass is 1020 g/mol. The summed E-state index contributed by atoms with van der Waals surface area (Å²) in [4.78, 5) is 59.0. The Morgan fingerprint density at radius 1 is 0.316 bits per heavy atom. The van der Waals surface area contributed by atoms with Crippen LogP contribution in [0.5, 0.6) is 57.5 Å². The summed E-state index contributed by atoms with van der Waals surface area (Å²) in [6.07, 6.45) is 0. The standard InChI is InChI=1S/C60H52N2O14/c1-67-49-35-55(73-7)53(71-5)33-45(49)58(64)62(42-17-13-10-14-18-42)48-30-24-40(32-52(48)70-4)59(65)75-43-25-19-37(20-26-43)39-23-29-47(51(31-39)69-3)61(41-15-11-9-12-16-41)57(63)38-21-27-44(28-22-38)76-60(66)46-34-54(72-6)56(74-8)36-50(46)68-2/h9-36H,1-8H3. The summed E-state index contributed by atoms with van der Waals surface area (Å²) in [7, 11) is 11.7. The highest BCUT2D eigenvalue weighted by atomic mass is 16.5. The second-order valence-electron chi connectivity index (χ2n) is 16.4. The number of hydrogen-bond donors (Lipinski definition) is 0. The maximum atomic E-state index is 14.5. The van der Waals surface area contributed by atoms with Crippen LogP contribution in [0.4, 0.5) is 22.7 Å². The Morgan fingerprint density at radius 3 is 1.22 bits per heavy atom. The molecule has 16 heteroatoms. The molecule has 0 bridgehead atoms. The fourth-order valence-electron chi connectivity index (χ4n) is 8.26. The smallest absolute Gasteiger partial charge is 0.347 e. The second-order valence-corrected chi connectivity index (χ2v) is 16.4. The minimum absolute atomic E-state index is 0.115. The molecule has 16 nitrogen and oxygen atoms in total. The third-order valence-corrected chi connectivity index (χ3v) is 12.1. The molecule has 0 spiro atoms. The van der Waals surface area contributed by atoms with Crippen molar-refractivity contribution in [3.63, 3.8) is 0 Å². The minimum atomic E-state index is -0.704. The van der Waals surface area contributed by atoms with Crippen molar-refractivity contribution in [3.8, 4) is 68.6 Å². The molecule has 0 heterocycles. The number of benzene rings is 8. The van der Waals surface area contributed by atoms with Gasteiger partial charge in [-0.15, -0.1) is 0 Å². The van der Waals surface area contributed by atoms with Gasteiger partial charge in [-0.1, -0.05) is 54.6 Å². The molecular weight excluding hydrogens is 973 g/mol. The first-order chi connectivity index (χ1) is 37.0. The van der Waals surface area contributed by atoms with Crippen molar-refractivity contribution in [2.75, 3.05) is 66.7 Å². The molecule has 0 aliphatic heterocycles. The molecule has 0 saturated carbocycles. The lowest BCUT2D eigenvalue weighted by atomic mass is 10.0. The topological polar surface area (TPSA) is 167 Å². The summed E-state index contributed by atoms with van der Waals surface area (Å²) < 4.78 is 55.9. The molecule has 0 aliphatic carbocycles. The summed E-state index contributed by atoms with van der Waals surface area (Å²) in [6, 6.07) is 47.4. The van der Waals surface area contributed by atoms with Gasteiger partial charge in [-0.25, -0.2) is 9.59 Å². The van der Waals surface area contributed by atoms with Crippen molar-refractivity contribution < 1.29 is 66.5 Å². The van der Waals surface area contributed by atoms with Gasteiger partial charge in [0.2, 0.25) is 0 Å². The lowest BCUT2D eigenvalue weighted by Crippen LogP contribution is -2.27. The first-order valence-electron chi connectivity index (χ1n) is 23.4. The van der Waals surface area contributed by atoms with Crippen molar-refractivity contribution in [1.29, 1.82) is 0 Å². The van der Waals surface area contributed by atoms with E-state index in [0.717, 1.165) is 11.1 Å². The lowest BCUT2D eigenvalue weighted by molar-refractivity contribution is 0.0722. The van der Waals surface area contributed by atoms with Gasteiger partial charge in [0.05, 0.1) is 79.4 Å². The second kappa shape index (κ2) is 23.7. The number of carbonyl (C=O) groups is 4. The highest BCUT2D eigenvalue weighted by Gasteiger charge is 2.29. The van der Waals surface area contributed by atoms with Gasteiger partial charge in [0, 0.05) is 41.2 Å². The van der Waals surface area contributed by atoms with E-state index in [-0.39, 0.29) is 51.3 Å². The molecule has 386 valence electrons. The van der Waals surface area contributed by atoms with E-state index in [9.17, 15) is 19.2 Å². The summed E-state index contributed by atoms with van der Waals surface area (Å²) in [5, 5.41) is 0. The maximum Gasteiger partial charge on any atom is 0.347 e. The van der Waals surface area contributed by atoms with E-state index in [2.05, 4.69) is 0 Å². The molecule has 2 amide bonds. The Labute approximate surface area is 439 Å². The Hall–Kier alpha value is -9.96. The van der Waals surface area contributed by atoms with Gasteiger partial charge in [0.25, 0.3) is 11.8 Å². The van der Waals surface area contributed by atoms with Crippen molar-refractivity contribution in [3.05, 3.63) is 192 Å². The average molecular weight is 1030 g/mol. The number of hydrogen-bond acceptors (Lipinski definition) is 14. The highest BCUT2D eigenvalue weighted by molar-refractivity contribution is 6.14. The molecule has 0 atom stereocenters. The normalized spacial score (nSPS) is 10.6. The summed E-state index contributed by atoms with van der Waals surface area (Å²) >= 11 is 0. The number of anilines is 4. The van der Waals surface area contributed by atoms with E-state index in [1.807, 2.05) is 48.5 Å². The fourth-order valence-corrected chi connectivity index (χ4v) is 8.26. The maximum absolute atomic E-state index is 14.5. The Kier molecular flexibility index (Phi) is 16.3. The van der Waals surface area contributed by atoms with Crippen LogP contribution in [0.2, 0.25) is 0 Å². The van der Waals surface area contributed by atoms with Gasteiger partial charge in [-0.05, 0) is 102 Å². The SMILES string of the molecule is COc1cc(OC)c(C(=O)Oc2ccc(C(=O)N(c3ccccc3)c3ccc(-c4ccc(OC(=O)c5ccc(N(C(=O)c6cc(OC)c(OC)cc6OC)c6ccccc6)c(OC)c5)cc4)cc3OC)cc2)cc1OC. The zero-order valence-corrected chi connectivity index (χ0v) is 42.8. The number of amides is 2. The zero-order chi connectivity index (χ0) is 53.9. The first kappa shape index (κ1) is 52.4. The van der Waals surface area contributed by atoms with E-state index in [1.165, 1.54) is 97.0 Å². The third kappa shape index (κ3) is 11.0. The van der Waals surface area contributed by atoms with Gasteiger partial charge in [-0.3, -0.25) is 19.4 Å². The summed E-state index contributed by atoms with van der Waals surface area (Å²) in [5.41, 5.74) is 4.19. The molecule has 8 aromatic rings. The van der Waals surface area contributed by atoms with Crippen LogP contribution in [0.25, 0.3) is 11.1 Å². The summed E-state index contributed by atoms with van der Waals surface area (Å²) in [6.45, 7) is 0. The minimum Gasteiger partial charge on any atom is -0.496 e. The predicted molar refractivity (Wildman–Crippen MR) is 286 cm³/mol. The number of ether oxygens (including phenoxy) is 10. The molecule has 0 radical (unpaired) electrons. The Morgan fingerprint density at radius 2 is 0.711 bits per heavy atom. The number of methoxy groups -OCH3 is 8. The van der Waals surface area contributed by atoms with Gasteiger partial charge in [0.1, 0.15) is 40.1 Å². The van der Waals surface area contributed by atoms with Crippen LogP contribution in [-0.4, -0.2) is 80.6 Å². The number of rotatable bonds is 19. The molecule has 0 fully saturated rings. The lowest BCUT2D eigenvalue weighted by Gasteiger charge is -2.26. The van der Waals surface area contributed by atoms with Crippen molar-refractivity contribution in [2.45, 2.75) is 0 Å². The molecule has 8 aromatic carbocycles. The van der Waals surface area contributed by atoms with Crippen LogP contribution < -0.4 is 57.2 Å². The van der Waals surface area contributed by atoms with E-state index < -0.39 is 17.8 Å². The van der Waals surface area contributed by atoms with Crippen molar-refractivity contribution in [2.24, 2.45) is 0 Å².